The Labute approximate surface area is 122 Å². The smallest absolute Gasteiger partial charge is 0.191 e. The SMILES string of the molecule is C=CCn1c(CC)nnc1SCc1ccc(Cl)cc1. The quantitative estimate of drug-likeness (QED) is 0.596. The molecule has 1 aromatic carbocycles. The maximum atomic E-state index is 5.87. The van der Waals surface area contributed by atoms with Gasteiger partial charge in [-0.25, -0.2) is 0 Å². The van der Waals surface area contributed by atoms with Crippen molar-refractivity contribution in [1.82, 2.24) is 14.8 Å². The Morgan fingerprint density at radius 2 is 2.05 bits per heavy atom. The Balaban J connectivity index is 2.08. The molecule has 0 aliphatic rings. The molecular weight excluding hydrogens is 278 g/mol. The number of aryl methyl sites for hydroxylation is 1. The molecule has 5 heteroatoms. The van der Waals surface area contributed by atoms with E-state index in [-0.39, 0.29) is 0 Å². The van der Waals surface area contributed by atoms with E-state index in [2.05, 4.69) is 28.3 Å². The lowest BCUT2D eigenvalue weighted by Crippen LogP contribution is -2.02. The fourth-order valence-electron chi connectivity index (χ4n) is 1.73. The molecule has 0 aliphatic heterocycles. The predicted molar refractivity (Wildman–Crippen MR) is 80.6 cm³/mol. The van der Waals surface area contributed by atoms with Gasteiger partial charge in [0.2, 0.25) is 0 Å². The molecule has 2 rings (SSSR count). The van der Waals surface area contributed by atoms with Crippen molar-refractivity contribution in [3.05, 3.63) is 53.3 Å². The van der Waals surface area contributed by atoms with Crippen LogP contribution in [0.4, 0.5) is 0 Å². The first-order chi connectivity index (χ1) is 9.24. The third kappa shape index (κ3) is 3.61. The minimum Gasteiger partial charge on any atom is -0.302 e. The second kappa shape index (κ2) is 6.78. The molecule has 100 valence electrons. The van der Waals surface area contributed by atoms with Gasteiger partial charge in [0.15, 0.2) is 5.16 Å². The Morgan fingerprint density at radius 1 is 1.32 bits per heavy atom. The standard InChI is InChI=1S/C14H16ClN3S/c1-3-9-18-13(4-2)16-17-14(18)19-10-11-5-7-12(15)8-6-11/h3,5-8H,1,4,9-10H2,2H3. The van der Waals surface area contributed by atoms with E-state index in [1.807, 2.05) is 30.3 Å². The van der Waals surface area contributed by atoms with Crippen molar-refractivity contribution in [3.63, 3.8) is 0 Å². The van der Waals surface area contributed by atoms with E-state index >= 15 is 0 Å². The third-order valence-corrected chi connectivity index (χ3v) is 3.99. The van der Waals surface area contributed by atoms with Gasteiger partial charge in [0, 0.05) is 23.7 Å². The van der Waals surface area contributed by atoms with E-state index < -0.39 is 0 Å². The summed E-state index contributed by atoms with van der Waals surface area (Å²) in [4.78, 5) is 0. The molecule has 0 saturated heterocycles. The lowest BCUT2D eigenvalue weighted by molar-refractivity contribution is 0.685. The van der Waals surface area contributed by atoms with Crippen molar-refractivity contribution in [2.24, 2.45) is 0 Å². The minimum absolute atomic E-state index is 0.749. The molecule has 0 fully saturated rings. The van der Waals surface area contributed by atoms with Gasteiger partial charge in [-0.1, -0.05) is 48.5 Å². The number of halogens is 1. The predicted octanol–water partition coefficient (Wildman–Crippen LogP) is 3.97. The Kier molecular flexibility index (Phi) is 5.05. The topological polar surface area (TPSA) is 30.7 Å². The maximum absolute atomic E-state index is 5.87. The summed E-state index contributed by atoms with van der Waals surface area (Å²) in [5, 5.41) is 10.1. The molecule has 0 radical (unpaired) electrons. The van der Waals surface area contributed by atoms with Crippen molar-refractivity contribution < 1.29 is 0 Å². The zero-order valence-electron chi connectivity index (χ0n) is 10.8. The molecule has 0 saturated carbocycles. The first kappa shape index (κ1) is 14.2. The van der Waals surface area contributed by atoms with Crippen molar-refractivity contribution in [1.29, 1.82) is 0 Å². The fourth-order valence-corrected chi connectivity index (χ4v) is 2.78. The van der Waals surface area contributed by atoms with E-state index in [1.54, 1.807) is 11.8 Å². The Hall–Kier alpha value is -1.26. The molecule has 1 heterocycles. The van der Waals surface area contributed by atoms with Crippen molar-refractivity contribution in [2.75, 3.05) is 0 Å². The zero-order chi connectivity index (χ0) is 13.7. The summed E-state index contributed by atoms with van der Waals surface area (Å²) in [7, 11) is 0. The molecule has 2 aromatic rings. The number of rotatable bonds is 6. The van der Waals surface area contributed by atoms with Gasteiger partial charge in [0.05, 0.1) is 0 Å². The summed E-state index contributed by atoms with van der Waals surface area (Å²) >= 11 is 7.55. The van der Waals surface area contributed by atoms with E-state index in [9.17, 15) is 0 Å². The van der Waals surface area contributed by atoms with E-state index in [1.165, 1.54) is 5.56 Å². The summed E-state index contributed by atoms with van der Waals surface area (Å²) in [6.45, 7) is 6.61. The molecule has 0 amide bonds. The van der Waals surface area contributed by atoms with Gasteiger partial charge < -0.3 is 4.57 Å². The van der Waals surface area contributed by atoms with Crippen LogP contribution in [-0.4, -0.2) is 14.8 Å². The first-order valence-electron chi connectivity index (χ1n) is 6.14. The second-order valence-corrected chi connectivity index (χ2v) is 5.45. The molecular formula is C14H16ClN3S. The van der Waals surface area contributed by atoms with Gasteiger partial charge in [-0.3, -0.25) is 0 Å². The number of nitrogens with zero attached hydrogens (tertiary/aromatic N) is 3. The average Bonchev–Trinajstić information content (AvgIpc) is 2.81. The van der Waals surface area contributed by atoms with Crippen LogP contribution in [0.25, 0.3) is 0 Å². The van der Waals surface area contributed by atoms with E-state index in [0.29, 0.717) is 0 Å². The number of aromatic nitrogens is 3. The minimum atomic E-state index is 0.749. The van der Waals surface area contributed by atoms with Gasteiger partial charge >= 0.3 is 0 Å². The Bertz CT molecular complexity index is 548. The molecule has 1 aromatic heterocycles. The molecule has 19 heavy (non-hydrogen) atoms. The number of hydrogen-bond acceptors (Lipinski definition) is 3. The van der Waals surface area contributed by atoms with E-state index in [0.717, 1.165) is 34.7 Å². The summed E-state index contributed by atoms with van der Waals surface area (Å²) in [5.74, 6) is 1.86. The van der Waals surface area contributed by atoms with Gasteiger partial charge in [-0.05, 0) is 17.7 Å². The summed E-state index contributed by atoms with van der Waals surface area (Å²) in [5.41, 5.74) is 1.22. The monoisotopic (exact) mass is 293 g/mol. The molecule has 0 aliphatic carbocycles. The lowest BCUT2D eigenvalue weighted by Gasteiger charge is -2.06. The molecule has 0 spiro atoms. The number of thioether (sulfide) groups is 1. The van der Waals surface area contributed by atoms with Crippen LogP contribution in [0.5, 0.6) is 0 Å². The van der Waals surface area contributed by atoms with Gasteiger partial charge in [-0.15, -0.1) is 16.8 Å². The summed E-state index contributed by atoms with van der Waals surface area (Å²) < 4.78 is 2.10. The second-order valence-electron chi connectivity index (χ2n) is 4.07. The number of allylic oxidation sites excluding steroid dienone is 1. The lowest BCUT2D eigenvalue weighted by atomic mass is 10.2. The molecule has 0 N–H and O–H groups in total. The highest BCUT2D eigenvalue weighted by atomic mass is 35.5. The fraction of sp³-hybridized carbons (Fsp3) is 0.286. The zero-order valence-corrected chi connectivity index (χ0v) is 12.4. The maximum Gasteiger partial charge on any atom is 0.191 e. The van der Waals surface area contributed by atoms with Gasteiger partial charge in [-0.2, -0.15) is 0 Å². The van der Waals surface area contributed by atoms with Crippen LogP contribution in [0.3, 0.4) is 0 Å². The Morgan fingerprint density at radius 3 is 2.68 bits per heavy atom. The highest BCUT2D eigenvalue weighted by Crippen LogP contribution is 2.23. The van der Waals surface area contributed by atoms with E-state index in [4.69, 9.17) is 11.6 Å². The molecule has 3 nitrogen and oxygen atoms in total. The average molecular weight is 294 g/mol. The number of benzene rings is 1. The van der Waals surface area contributed by atoms with Gasteiger partial charge in [0.1, 0.15) is 5.82 Å². The van der Waals surface area contributed by atoms with Crippen LogP contribution in [-0.2, 0) is 18.7 Å². The van der Waals surface area contributed by atoms with Crippen LogP contribution >= 0.6 is 23.4 Å². The van der Waals surface area contributed by atoms with Crippen molar-refractivity contribution >= 4 is 23.4 Å². The summed E-state index contributed by atoms with van der Waals surface area (Å²) in [6, 6.07) is 7.88. The molecule has 0 bridgehead atoms. The van der Waals surface area contributed by atoms with Crippen LogP contribution in [0, 0.1) is 0 Å². The normalized spacial score (nSPS) is 10.6. The van der Waals surface area contributed by atoms with Crippen LogP contribution in [0.2, 0.25) is 5.02 Å². The van der Waals surface area contributed by atoms with Crippen LogP contribution in [0.15, 0.2) is 42.1 Å². The van der Waals surface area contributed by atoms with Crippen molar-refractivity contribution in [2.45, 2.75) is 30.8 Å². The largest absolute Gasteiger partial charge is 0.302 e. The highest BCUT2D eigenvalue weighted by Gasteiger charge is 2.10. The number of hydrogen-bond donors (Lipinski definition) is 0. The molecule has 0 atom stereocenters. The van der Waals surface area contributed by atoms with Crippen LogP contribution < -0.4 is 0 Å². The first-order valence-corrected chi connectivity index (χ1v) is 7.51. The molecule has 0 unspecified atom stereocenters. The summed E-state index contributed by atoms with van der Waals surface area (Å²) in [6.07, 6.45) is 2.75. The highest BCUT2D eigenvalue weighted by molar-refractivity contribution is 7.98. The van der Waals surface area contributed by atoms with Crippen molar-refractivity contribution in [3.8, 4) is 0 Å². The third-order valence-electron chi connectivity index (χ3n) is 2.70. The van der Waals surface area contributed by atoms with Crippen LogP contribution in [0.1, 0.15) is 18.3 Å². The van der Waals surface area contributed by atoms with Gasteiger partial charge in [0.25, 0.3) is 0 Å².